The van der Waals surface area contributed by atoms with E-state index in [0.717, 1.165) is 19.3 Å². The van der Waals surface area contributed by atoms with Crippen molar-refractivity contribution in [1.82, 2.24) is 10.4 Å². The Labute approximate surface area is 119 Å². The average molecular weight is 284 g/mol. The molecule has 0 aromatic heterocycles. The molecule has 0 aromatic carbocycles. The van der Waals surface area contributed by atoms with Crippen molar-refractivity contribution < 1.29 is 19.9 Å². The summed E-state index contributed by atoms with van der Waals surface area (Å²) in [6, 6.07) is -1.02. The van der Waals surface area contributed by atoms with E-state index in [1.165, 1.54) is 4.90 Å². The Kier molecular flexibility index (Phi) is 6.01. The van der Waals surface area contributed by atoms with E-state index in [1.54, 1.807) is 12.4 Å². The predicted octanol–water partition coefficient (Wildman–Crippen LogP) is 1.89. The molecular formula is C14H24N2O4. The van der Waals surface area contributed by atoms with E-state index >= 15 is 0 Å². The molecule has 1 rings (SSSR count). The number of aliphatic hydroxyl groups excluding tert-OH is 1. The second-order valence-corrected chi connectivity index (χ2v) is 5.18. The van der Waals surface area contributed by atoms with Crippen LogP contribution in [0.15, 0.2) is 11.3 Å². The van der Waals surface area contributed by atoms with Crippen molar-refractivity contribution in [3.8, 4) is 0 Å². The third kappa shape index (κ3) is 3.12. The first-order valence-electron chi connectivity index (χ1n) is 7.15. The van der Waals surface area contributed by atoms with Crippen molar-refractivity contribution in [3.05, 3.63) is 11.3 Å². The fourth-order valence-electron chi connectivity index (χ4n) is 2.66. The number of carbonyl (C=O) groups excluding carboxylic acids is 2. The molecule has 0 saturated carbocycles. The van der Waals surface area contributed by atoms with Gasteiger partial charge in [0, 0.05) is 0 Å². The summed E-state index contributed by atoms with van der Waals surface area (Å²) in [6.45, 7) is 5.68. The molecule has 0 aromatic rings. The minimum atomic E-state index is -0.747. The Morgan fingerprint density at radius 3 is 2.55 bits per heavy atom. The van der Waals surface area contributed by atoms with E-state index in [-0.39, 0.29) is 11.8 Å². The van der Waals surface area contributed by atoms with Gasteiger partial charge in [-0.15, -0.1) is 0 Å². The van der Waals surface area contributed by atoms with Crippen LogP contribution in [0.3, 0.4) is 0 Å². The second kappa shape index (κ2) is 7.28. The van der Waals surface area contributed by atoms with Crippen molar-refractivity contribution in [1.29, 1.82) is 0 Å². The number of nitrogens with one attached hydrogen (secondary N) is 1. The van der Waals surface area contributed by atoms with Gasteiger partial charge >= 0.3 is 0 Å². The summed E-state index contributed by atoms with van der Waals surface area (Å²) in [5.41, 5.74) is 2.23. The number of hydrogen-bond donors (Lipinski definition) is 3. The van der Waals surface area contributed by atoms with E-state index in [0.29, 0.717) is 18.4 Å². The number of rotatable bonds is 7. The van der Waals surface area contributed by atoms with Gasteiger partial charge in [0.25, 0.3) is 11.8 Å². The van der Waals surface area contributed by atoms with E-state index < -0.39 is 17.9 Å². The highest BCUT2D eigenvalue weighted by Gasteiger charge is 2.42. The molecule has 2 amide bonds. The lowest BCUT2D eigenvalue weighted by Crippen LogP contribution is -2.51. The van der Waals surface area contributed by atoms with E-state index in [1.807, 2.05) is 13.8 Å². The molecule has 6 nitrogen and oxygen atoms in total. The first-order valence-corrected chi connectivity index (χ1v) is 7.15. The molecule has 1 aliphatic heterocycles. The summed E-state index contributed by atoms with van der Waals surface area (Å²) in [5, 5.41) is 18.7. The lowest BCUT2D eigenvalue weighted by atomic mass is 10.0. The Morgan fingerprint density at radius 2 is 2.05 bits per heavy atom. The topological polar surface area (TPSA) is 89.9 Å². The summed E-state index contributed by atoms with van der Waals surface area (Å²) < 4.78 is 0. The smallest absolute Gasteiger partial charge is 0.289 e. The van der Waals surface area contributed by atoms with E-state index in [4.69, 9.17) is 5.21 Å². The van der Waals surface area contributed by atoms with E-state index in [2.05, 4.69) is 0 Å². The molecule has 6 heteroatoms. The van der Waals surface area contributed by atoms with Gasteiger partial charge in [-0.3, -0.25) is 14.8 Å². The molecule has 0 saturated heterocycles. The van der Waals surface area contributed by atoms with Crippen LogP contribution in [-0.4, -0.2) is 39.1 Å². The van der Waals surface area contributed by atoms with Gasteiger partial charge in [-0.1, -0.05) is 33.1 Å². The molecule has 0 radical (unpaired) electrons. The fourth-order valence-corrected chi connectivity index (χ4v) is 2.66. The molecule has 2 atom stereocenters. The molecule has 20 heavy (non-hydrogen) atoms. The van der Waals surface area contributed by atoms with Gasteiger partial charge in [0.1, 0.15) is 6.04 Å². The van der Waals surface area contributed by atoms with Crippen molar-refractivity contribution >= 4 is 11.8 Å². The van der Waals surface area contributed by atoms with Gasteiger partial charge in [0.05, 0.1) is 6.04 Å². The van der Waals surface area contributed by atoms with Crippen molar-refractivity contribution in [2.75, 3.05) is 0 Å². The summed E-state index contributed by atoms with van der Waals surface area (Å²) in [5.74, 6) is -1.39. The lowest BCUT2D eigenvalue weighted by Gasteiger charge is -2.32. The number of nitrogens with zero attached hydrogens (tertiary/aromatic N) is 1. The highest BCUT2D eigenvalue weighted by molar-refractivity contribution is 5.98. The first-order chi connectivity index (χ1) is 9.49. The highest BCUT2D eigenvalue weighted by atomic mass is 16.5. The maximum Gasteiger partial charge on any atom is 0.289 e. The molecule has 0 bridgehead atoms. The molecule has 1 heterocycles. The quantitative estimate of drug-likeness (QED) is 0.492. The molecule has 114 valence electrons. The minimum absolute atomic E-state index is 0.268. The highest BCUT2D eigenvalue weighted by Crippen LogP contribution is 2.30. The van der Waals surface area contributed by atoms with Crippen LogP contribution >= 0.6 is 0 Å². The minimum Gasteiger partial charge on any atom is -0.503 e. The summed E-state index contributed by atoms with van der Waals surface area (Å²) >= 11 is 0. The SMILES string of the molecule is CCCCC(C(=O)NO)N1C(=O)C(O)=C(C)C1CCC. The largest absolute Gasteiger partial charge is 0.503 e. The number of hydroxylamine groups is 1. The van der Waals surface area contributed by atoms with Gasteiger partial charge in [0.15, 0.2) is 5.76 Å². The third-order valence-electron chi connectivity index (χ3n) is 3.79. The molecule has 2 unspecified atom stereocenters. The molecular weight excluding hydrogens is 260 g/mol. The van der Waals surface area contributed by atoms with Crippen LogP contribution in [-0.2, 0) is 9.59 Å². The Hall–Kier alpha value is -1.56. The standard InChI is InChI=1S/C14H24N2O4/c1-4-6-8-11(13(18)15-20)16-10(7-5-2)9(3)12(17)14(16)19/h10-11,17,20H,4-8H2,1-3H3,(H,15,18). The first kappa shape index (κ1) is 16.5. The van der Waals surface area contributed by atoms with Crippen LogP contribution in [0.1, 0.15) is 52.9 Å². The van der Waals surface area contributed by atoms with Crippen molar-refractivity contribution in [2.45, 2.75) is 65.0 Å². The van der Waals surface area contributed by atoms with Crippen LogP contribution in [0.25, 0.3) is 0 Å². The number of amides is 2. The van der Waals surface area contributed by atoms with Crippen LogP contribution in [0, 0.1) is 0 Å². The van der Waals surface area contributed by atoms with Crippen LogP contribution in [0.2, 0.25) is 0 Å². The van der Waals surface area contributed by atoms with Gasteiger partial charge < -0.3 is 10.0 Å². The maximum absolute atomic E-state index is 12.2. The summed E-state index contributed by atoms with van der Waals surface area (Å²) in [7, 11) is 0. The average Bonchev–Trinajstić information content (AvgIpc) is 2.65. The summed E-state index contributed by atoms with van der Waals surface area (Å²) in [6.07, 6.45) is 3.63. The predicted molar refractivity (Wildman–Crippen MR) is 74.1 cm³/mol. The number of hydrogen-bond acceptors (Lipinski definition) is 4. The fraction of sp³-hybridized carbons (Fsp3) is 0.714. The Bertz CT molecular complexity index is 406. The number of aliphatic hydroxyl groups is 1. The zero-order valence-corrected chi connectivity index (χ0v) is 12.3. The van der Waals surface area contributed by atoms with Gasteiger partial charge in [-0.2, -0.15) is 0 Å². The Balaban J connectivity index is 3.04. The number of carbonyl (C=O) groups is 2. The van der Waals surface area contributed by atoms with Gasteiger partial charge in [-0.25, -0.2) is 5.48 Å². The normalized spacial score (nSPS) is 20.5. The monoisotopic (exact) mass is 284 g/mol. The third-order valence-corrected chi connectivity index (χ3v) is 3.79. The van der Waals surface area contributed by atoms with Crippen molar-refractivity contribution in [3.63, 3.8) is 0 Å². The molecule has 0 aliphatic carbocycles. The molecule has 1 aliphatic rings. The second-order valence-electron chi connectivity index (χ2n) is 5.18. The number of unbranched alkanes of at least 4 members (excludes halogenated alkanes) is 1. The maximum atomic E-state index is 12.2. The van der Waals surface area contributed by atoms with Gasteiger partial charge in [0.2, 0.25) is 0 Å². The Morgan fingerprint density at radius 1 is 1.40 bits per heavy atom. The van der Waals surface area contributed by atoms with E-state index in [9.17, 15) is 14.7 Å². The molecule has 0 fully saturated rings. The van der Waals surface area contributed by atoms with Crippen LogP contribution < -0.4 is 5.48 Å². The van der Waals surface area contributed by atoms with Crippen LogP contribution in [0.5, 0.6) is 0 Å². The molecule has 3 N–H and O–H groups in total. The zero-order valence-electron chi connectivity index (χ0n) is 12.3. The zero-order chi connectivity index (χ0) is 15.3. The lowest BCUT2D eigenvalue weighted by molar-refractivity contribution is -0.144. The van der Waals surface area contributed by atoms with Crippen molar-refractivity contribution in [2.24, 2.45) is 0 Å². The van der Waals surface area contributed by atoms with Gasteiger partial charge in [-0.05, 0) is 25.3 Å². The summed E-state index contributed by atoms with van der Waals surface area (Å²) in [4.78, 5) is 25.5. The van der Waals surface area contributed by atoms with Crippen LogP contribution in [0.4, 0.5) is 0 Å². The molecule has 0 spiro atoms.